The predicted octanol–water partition coefficient (Wildman–Crippen LogP) is 7.60. The van der Waals surface area contributed by atoms with Gasteiger partial charge in [-0.2, -0.15) is 4.39 Å². The van der Waals surface area contributed by atoms with E-state index in [9.17, 15) is 9.50 Å². The fourth-order valence-electron chi connectivity index (χ4n) is 5.74. The molecule has 0 bridgehead atoms. The summed E-state index contributed by atoms with van der Waals surface area (Å²) < 4.78 is 28.5. The van der Waals surface area contributed by atoms with Crippen LogP contribution in [0.3, 0.4) is 0 Å². The van der Waals surface area contributed by atoms with Crippen LogP contribution in [-0.2, 0) is 0 Å². The molecule has 2 aliphatic carbocycles. The maximum absolute atomic E-state index is 15.3. The van der Waals surface area contributed by atoms with Gasteiger partial charge in [0.05, 0.1) is 17.8 Å². The van der Waals surface area contributed by atoms with Gasteiger partial charge in [-0.3, -0.25) is 0 Å². The third-order valence-corrected chi connectivity index (χ3v) is 9.21. The Morgan fingerprint density at radius 1 is 1.12 bits per heavy atom. The van der Waals surface area contributed by atoms with Crippen molar-refractivity contribution >= 4 is 55.5 Å². The number of alkyl halides is 1. The van der Waals surface area contributed by atoms with Gasteiger partial charge in [0.1, 0.15) is 16.9 Å². The number of nitrogens with zero attached hydrogens (tertiary/aromatic N) is 5. The average Bonchev–Trinajstić information content (AvgIpc) is 3.71. The first-order valence-corrected chi connectivity index (χ1v) is 15.6. The summed E-state index contributed by atoms with van der Waals surface area (Å²) in [4.78, 5) is 10.5. The fourth-order valence-corrected chi connectivity index (χ4v) is 7.18. The Bertz CT molecular complexity index is 1360. The summed E-state index contributed by atoms with van der Waals surface area (Å²) in [5, 5.41) is 20.0. The molecule has 0 saturated heterocycles. The number of anilines is 1. The van der Waals surface area contributed by atoms with Crippen molar-refractivity contribution in [1.82, 2.24) is 20.2 Å². The molecule has 0 amide bonds. The summed E-state index contributed by atoms with van der Waals surface area (Å²) in [5.74, 6) is 0.0780. The molecule has 2 saturated carbocycles. The van der Waals surface area contributed by atoms with E-state index < -0.39 is 14.9 Å². The molecule has 2 heterocycles. The molecule has 2 aliphatic rings. The Balaban J connectivity index is 1.38. The second-order valence-corrected chi connectivity index (χ2v) is 16.3. The van der Waals surface area contributed by atoms with Crippen molar-refractivity contribution in [3.63, 3.8) is 0 Å². The lowest BCUT2D eigenvalue weighted by molar-refractivity contribution is 0.0994. The van der Waals surface area contributed by atoms with Crippen LogP contribution in [0.4, 0.5) is 14.6 Å². The fraction of sp³-hybridized carbons (Fsp3) is 0.500. The summed E-state index contributed by atoms with van der Waals surface area (Å²) >= 11 is 13.7. The van der Waals surface area contributed by atoms with Gasteiger partial charge in [-0.1, -0.05) is 38.1 Å². The number of halogens is 2. The standard InChI is InChI=1S/C28H33F2N5OS4/c1-3-9-27(2)10-8-20(29)21(14-27)35(18-5-6-18)24-15-31-26(34-33-24)19-7-4-16(11-22(19)36)17-12-23(30)32-25(13-17)40-28(37,38)39/h4,7,11-13,15,18,20-21,36-39H,3,5-6,8-10,14H2,1-2H3/t20-,21+,27+/m0/s1. The maximum Gasteiger partial charge on any atom is 0.214 e. The number of rotatable bonds is 9. The number of aromatic hydroxyl groups is 1. The molecule has 0 radical (unpaired) electrons. The number of benzene rings is 1. The molecule has 2 fully saturated rings. The van der Waals surface area contributed by atoms with Crippen LogP contribution >= 0.6 is 49.6 Å². The number of phenols is 1. The molecular weight excluding hydrogens is 589 g/mol. The number of thioether (sulfide) groups is 1. The first-order chi connectivity index (χ1) is 18.9. The van der Waals surface area contributed by atoms with Crippen LogP contribution < -0.4 is 4.90 Å². The average molecular weight is 622 g/mol. The number of hydrogen-bond donors (Lipinski definition) is 4. The minimum absolute atomic E-state index is 0.0733. The molecule has 5 rings (SSSR count). The third kappa shape index (κ3) is 6.99. The molecule has 0 aliphatic heterocycles. The van der Waals surface area contributed by atoms with E-state index in [2.05, 4.69) is 76.8 Å². The number of hydrogen-bond acceptors (Lipinski definition) is 10. The monoisotopic (exact) mass is 621 g/mol. The highest BCUT2D eigenvalue weighted by atomic mass is 32.3. The summed E-state index contributed by atoms with van der Waals surface area (Å²) in [6.07, 6.45) is 7.15. The lowest BCUT2D eigenvalue weighted by atomic mass is 9.70. The van der Waals surface area contributed by atoms with E-state index >= 15 is 4.39 Å². The molecule has 3 atom stereocenters. The van der Waals surface area contributed by atoms with Gasteiger partial charge in [-0.25, -0.2) is 14.4 Å². The molecule has 0 spiro atoms. The third-order valence-electron chi connectivity index (χ3n) is 7.69. The van der Waals surface area contributed by atoms with E-state index in [-0.39, 0.29) is 29.1 Å². The SMILES string of the molecule is CCC[C@]1(C)CC[C@H](F)[C@H](N(c2cnc(-c3ccc(-c4cc(F)nc(SC(S)(S)S)c4)cc3O)nn2)C2CC2)C1. The van der Waals surface area contributed by atoms with E-state index in [1.54, 1.807) is 24.4 Å². The number of pyridine rings is 1. The molecule has 12 heteroatoms. The zero-order valence-corrected chi connectivity index (χ0v) is 25.8. The molecular formula is C28H33F2N5OS4. The van der Waals surface area contributed by atoms with Gasteiger partial charge >= 0.3 is 0 Å². The zero-order chi connectivity index (χ0) is 28.7. The largest absolute Gasteiger partial charge is 0.507 e. The van der Waals surface area contributed by atoms with E-state index in [0.29, 0.717) is 34.0 Å². The molecule has 40 heavy (non-hydrogen) atoms. The van der Waals surface area contributed by atoms with E-state index in [1.165, 1.54) is 12.1 Å². The number of aromatic nitrogens is 4. The Kier molecular flexibility index (Phi) is 8.81. The van der Waals surface area contributed by atoms with Crippen LogP contribution in [0.15, 0.2) is 41.6 Å². The van der Waals surface area contributed by atoms with Gasteiger partial charge in [0.15, 0.2) is 14.4 Å². The lowest BCUT2D eigenvalue weighted by Crippen LogP contribution is -2.50. The van der Waals surface area contributed by atoms with Crippen LogP contribution in [0, 0.1) is 11.4 Å². The molecule has 3 aromatic rings. The summed E-state index contributed by atoms with van der Waals surface area (Å²) in [5.41, 5.74) is 1.62. The lowest BCUT2D eigenvalue weighted by Gasteiger charge is -2.45. The van der Waals surface area contributed by atoms with Gasteiger partial charge in [-0.15, -0.1) is 48.1 Å². The number of phenolic OH excluding ortho intramolecular Hbond substituents is 1. The molecule has 214 valence electrons. The molecule has 2 aromatic heterocycles. The van der Waals surface area contributed by atoms with Crippen molar-refractivity contribution in [3.05, 3.63) is 42.5 Å². The van der Waals surface area contributed by atoms with E-state index in [1.807, 2.05) is 0 Å². The highest BCUT2D eigenvalue weighted by Gasteiger charge is 2.45. The van der Waals surface area contributed by atoms with Gasteiger partial charge in [0, 0.05) is 12.1 Å². The van der Waals surface area contributed by atoms with E-state index in [4.69, 9.17) is 0 Å². The Morgan fingerprint density at radius 3 is 2.52 bits per heavy atom. The van der Waals surface area contributed by atoms with Crippen LogP contribution in [-0.4, -0.2) is 46.3 Å². The van der Waals surface area contributed by atoms with Gasteiger partial charge < -0.3 is 10.0 Å². The second-order valence-electron chi connectivity index (χ2n) is 11.1. The highest BCUT2D eigenvalue weighted by Crippen LogP contribution is 2.46. The van der Waals surface area contributed by atoms with Crippen molar-refractivity contribution in [2.75, 3.05) is 4.90 Å². The highest BCUT2D eigenvalue weighted by molar-refractivity contribution is 8.36. The molecule has 6 nitrogen and oxygen atoms in total. The first-order valence-electron chi connectivity index (χ1n) is 13.4. The van der Waals surface area contributed by atoms with Crippen LogP contribution in [0.25, 0.3) is 22.5 Å². The Morgan fingerprint density at radius 2 is 1.90 bits per heavy atom. The summed E-state index contributed by atoms with van der Waals surface area (Å²) in [6.45, 7) is 4.45. The summed E-state index contributed by atoms with van der Waals surface area (Å²) in [7, 11) is 0. The van der Waals surface area contributed by atoms with Crippen LogP contribution in [0.1, 0.15) is 58.8 Å². The second kappa shape index (κ2) is 11.9. The zero-order valence-electron chi connectivity index (χ0n) is 22.3. The van der Waals surface area contributed by atoms with Crippen LogP contribution in [0.5, 0.6) is 5.75 Å². The molecule has 1 N–H and O–H groups in total. The summed E-state index contributed by atoms with van der Waals surface area (Å²) in [6, 6.07) is 7.90. The predicted molar refractivity (Wildman–Crippen MR) is 167 cm³/mol. The minimum Gasteiger partial charge on any atom is -0.507 e. The Labute approximate surface area is 254 Å². The maximum atomic E-state index is 15.3. The van der Waals surface area contributed by atoms with Crippen molar-refractivity contribution < 1.29 is 13.9 Å². The number of thiol groups is 3. The van der Waals surface area contributed by atoms with Gasteiger partial charge in [0.25, 0.3) is 0 Å². The van der Waals surface area contributed by atoms with Gasteiger partial charge in [0.2, 0.25) is 5.95 Å². The topological polar surface area (TPSA) is 75.0 Å². The minimum atomic E-state index is -1.03. The van der Waals surface area contributed by atoms with Gasteiger partial charge in [-0.05, 0) is 73.3 Å². The normalized spacial score (nSPS) is 23.3. The van der Waals surface area contributed by atoms with Crippen molar-refractivity contribution in [2.24, 2.45) is 5.41 Å². The van der Waals surface area contributed by atoms with Crippen molar-refractivity contribution in [1.29, 1.82) is 0 Å². The Hall–Kier alpha value is -1.76. The van der Waals surface area contributed by atoms with E-state index in [0.717, 1.165) is 50.3 Å². The van der Waals surface area contributed by atoms with Crippen molar-refractivity contribution in [2.45, 2.75) is 84.8 Å². The molecule has 0 unspecified atom stereocenters. The van der Waals surface area contributed by atoms with Crippen LogP contribution in [0.2, 0.25) is 0 Å². The first kappa shape index (κ1) is 29.7. The smallest absolute Gasteiger partial charge is 0.214 e. The molecule has 1 aromatic carbocycles. The van der Waals surface area contributed by atoms with Crippen molar-refractivity contribution in [3.8, 4) is 28.3 Å². The quantitative estimate of drug-likeness (QED) is 0.0849.